The molecule has 1 aromatic rings. The maximum atomic E-state index is 13.3. The Balaban J connectivity index is 2.19. The van der Waals surface area contributed by atoms with Crippen LogP contribution in [0.4, 0.5) is 14.0 Å². The second-order valence-electron chi connectivity index (χ2n) is 4.95. The number of benzene rings is 1. The first-order valence-electron chi connectivity index (χ1n) is 6.37. The fourth-order valence-corrected chi connectivity index (χ4v) is 2.68. The summed E-state index contributed by atoms with van der Waals surface area (Å²) in [5, 5.41) is 2.45. The van der Waals surface area contributed by atoms with E-state index in [4.69, 9.17) is 4.74 Å². The van der Waals surface area contributed by atoms with Crippen molar-refractivity contribution < 1.29 is 26.2 Å². The van der Waals surface area contributed by atoms with Crippen LogP contribution < -0.4 is 5.32 Å². The summed E-state index contributed by atoms with van der Waals surface area (Å²) in [5.74, 6) is -0.554. The molecule has 1 aromatic carbocycles. The smallest absolute Gasteiger partial charge is 0.332 e. The molecule has 0 radical (unpaired) electrons. The van der Waals surface area contributed by atoms with Crippen LogP contribution >= 0.6 is 0 Å². The number of hydrogen-bond donors (Lipinski definition) is 1. The zero-order valence-electron chi connectivity index (χ0n) is 11.1. The Bertz CT molecular complexity index is 627. The molecular weight excluding hydrogens is 304 g/mol. The lowest BCUT2D eigenvalue weighted by Gasteiger charge is -2.33. The Hall–Kier alpha value is -1.54. The van der Waals surface area contributed by atoms with E-state index in [1.807, 2.05) is 0 Å². The van der Waals surface area contributed by atoms with Crippen molar-refractivity contribution in [3.05, 3.63) is 24.3 Å². The van der Waals surface area contributed by atoms with Crippen molar-refractivity contribution in [1.82, 2.24) is 0 Å². The van der Waals surface area contributed by atoms with Crippen molar-refractivity contribution in [3.63, 3.8) is 0 Å². The number of alkyl halides is 1. The van der Waals surface area contributed by atoms with Gasteiger partial charge in [-0.3, -0.25) is 4.79 Å². The van der Waals surface area contributed by atoms with E-state index in [2.05, 4.69) is 5.32 Å². The number of ether oxygens (including phenoxy) is 1. The number of halogens is 2. The molecule has 0 saturated carbocycles. The third-order valence-electron chi connectivity index (χ3n) is 3.56. The number of nitrogens with one attached hydrogen (secondary N) is 1. The van der Waals surface area contributed by atoms with Gasteiger partial charge >= 0.3 is 10.2 Å². The molecule has 1 aliphatic rings. The first-order valence-corrected chi connectivity index (χ1v) is 7.76. The molecule has 5 nitrogen and oxygen atoms in total. The van der Waals surface area contributed by atoms with E-state index >= 15 is 0 Å². The maximum absolute atomic E-state index is 13.3. The Kier molecular flexibility index (Phi) is 4.58. The zero-order chi connectivity index (χ0) is 15.5. The Morgan fingerprint density at radius 2 is 2.00 bits per heavy atom. The van der Waals surface area contributed by atoms with Crippen LogP contribution in [0.2, 0.25) is 0 Å². The maximum Gasteiger partial charge on any atom is 0.332 e. The third kappa shape index (κ3) is 3.56. The summed E-state index contributed by atoms with van der Waals surface area (Å²) in [6, 6.07) is 4.79. The van der Waals surface area contributed by atoms with Crippen molar-refractivity contribution >= 4 is 21.8 Å². The number of rotatable bonds is 4. The van der Waals surface area contributed by atoms with Crippen LogP contribution in [0, 0.1) is 5.41 Å². The van der Waals surface area contributed by atoms with E-state index in [-0.39, 0.29) is 31.7 Å². The molecule has 0 aliphatic carbocycles. The van der Waals surface area contributed by atoms with Gasteiger partial charge in [-0.15, -0.1) is 3.89 Å². The van der Waals surface area contributed by atoms with Crippen LogP contribution in [0.1, 0.15) is 12.8 Å². The van der Waals surface area contributed by atoms with E-state index in [0.29, 0.717) is 0 Å². The van der Waals surface area contributed by atoms with E-state index in [9.17, 15) is 21.5 Å². The molecule has 0 spiro atoms. The molecule has 2 rings (SSSR count). The molecule has 1 fully saturated rings. The molecule has 21 heavy (non-hydrogen) atoms. The summed E-state index contributed by atoms with van der Waals surface area (Å²) in [6.07, 6.45) is 0.493. The van der Waals surface area contributed by atoms with E-state index in [1.54, 1.807) is 0 Å². The predicted molar refractivity (Wildman–Crippen MR) is 71.8 cm³/mol. The minimum Gasteiger partial charge on any atom is -0.381 e. The van der Waals surface area contributed by atoms with Crippen LogP contribution in [-0.4, -0.2) is 34.2 Å². The van der Waals surface area contributed by atoms with Gasteiger partial charge in [0.05, 0.1) is 5.41 Å². The summed E-state index contributed by atoms with van der Waals surface area (Å²) in [6.45, 7) is -0.254. The molecule has 0 bridgehead atoms. The lowest BCUT2D eigenvalue weighted by molar-refractivity contribution is -0.132. The van der Waals surface area contributed by atoms with Crippen LogP contribution in [-0.2, 0) is 19.8 Å². The number of amides is 1. The molecule has 1 aliphatic heterocycles. The van der Waals surface area contributed by atoms with Crippen LogP contribution in [0.3, 0.4) is 0 Å². The number of hydrogen-bond acceptors (Lipinski definition) is 4. The molecule has 8 heteroatoms. The van der Waals surface area contributed by atoms with Crippen molar-refractivity contribution in [1.29, 1.82) is 0 Å². The predicted octanol–water partition coefficient (Wildman–Crippen LogP) is 2.05. The molecule has 0 atom stereocenters. The van der Waals surface area contributed by atoms with Gasteiger partial charge in [-0.05, 0) is 31.0 Å². The summed E-state index contributed by atoms with van der Waals surface area (Å²) in [4.78, 5) is 11.7. The van der Waals surface area contributed by atoms with Crippen molar-refractivity contribution in [3.8, 4) is 0 Å². The standard InChI is InChI=1S/C13H15F2NO4S/c14-9-13(4-6-20-7-5-13)12(17)16-10-2-1-3-11(8-10)21(15,18)19/h1-3,8H,4-7,9H2,(H,16,17). The van der Waals surface area contributed by atoms with Crippen LogP contribution in [0.15, 0.2) is 29.2 Å². The minimum atomic E-state index is -4.85. The van der Waals surface area contributed by atoms with Gasteiger partial charge in [0.1, 0.15) is 11.6 Å². The van der Waals surface area contributed by atoms with E-state index < -0.39 is 33.1 Å². The second-order valence-corrected chi connectivity index (χ2v) is 6.29. The Labute approximate surface area is 121 Å². The van der Waals surface area contributed by atoms with Crippen molar-refractivity contribution in [2.75, 3.05) is 25.2 Å². The lowest BCUT2D eigenvalue weighted by atomic mass is 9.80. The SMILES string of the molecule is O=C(Nc1cccc(S(=O)(=O)F)c1)C1(CF)CCOCC1. The van der Waals surface area contributed by atoms with Crippen LogP contribution in [0.5, 0.6) is 0 Å². The average Bonchev–Trinajstić information content (AvgIpc) is 2.47. The highest BCUT2D eigenvalue weighted by Gasteiger charge is 2.40. The highest BCUT2D eigenvalue weighted by atomic mass is 32.3. The van der Waals surface area contributed by atoms with Gasteiger partial charge in [0.15, 0.2) is 0 Å². The first-order chi connectivity index (χ1) is 9.87. The summed E-state index contributed by atoms with van der Waals surface area (Å²) < 4.78 is 53.0. The summed E-state index contributed by atoms with van der Waals surface area (Å²) in [7, 11) is -4.85. The van der Waals surface area contributed by atoms with Gasteiger partial charge in [0.2, 0.25) is 5.91 Å². The van der Waals surface area contributed by atoms with Crippen LogP contribution in [0.25, 0.3) is 0 Å². The second kappa shape index (κ2) is 6.07. The Morgan fingerprint density at radius 3 is 2.57 bits per heavy atom. The third-order valence-corrected chi connectivity index (χ3v) is 4.38. The van der Waals surface area contributed by atoms with Gasteiger partial charge in [-0.1, -0.05) is 6.07 Å². The fraction of sp³-hybridized carbons (Fsp3) is 0.462. The van der Waals surface area contributed by atoms with Gasteiger partial charge in [0.25, 0.3) is 0 Å². The zero-order valence-corrected chi connectivity index (χ0v) is 12.0. The lowest BCUT2D eigenvalue weighted by Crippen LogP contribution is -2.42. The summed E-state index contributed by atoms with van der Waals surface area (Å²) >= 11 is 0. The van der Waals surface area contributed by atoms with Gasteiger partial charge in [0, 0.05) is 18.9 Å². The monoisotopic (exact) mass is 319 g/mol. The average molecular weight is 319 g/mol. The molecule has 0 aromatic heterocycles. The number of carbonyl (C=O) groups excluding carboxylic acids is 1. The highest BCUT2D eigenvalue weighted by Crippen LogP contribution is 2.32. The van der Waals surface area contributed by atoms with Gasteiger partial charge in [-0.25, -0.2) is 4.39 Å². The van der Waals surface area contributed by atoms with Gasteiger partial charge in [-0.2, -0.15) is 8.42 Å². The molecule has 116 valence electrons. The minimum absolute atomic E-state index is 0.109. The molecule has 1 amide bonds. The number of anilines is 1. The van der Waals surface area contributed by atoms with E-state index in [1.165, 1.54) is 12.1 Å². The van der Waals surface area contributed by atoms with Crippen molar-refractivity contribution in [2.45, 2.75) is 17.7 Å². The molecular formula is C13H15F2NO4S. The fourth-order valence-electron chi connectivity index (χ4n) is 2.17. The number of carbonyl (C=O) groups is 1. The molecule has 1 saturated heterocycles. The van der Waals surface area contributed by atoms with Gasteiger partial charge < -0.3 is 10.1 Å². The summed E-state index contributed by atoms with van der Waals surface area (Å²) in [5.41, 5.74) is -1.07. The largest absolute Gasteiger partial charge is 0.381 e. The van der Waals surface area contributed by atoms with E-state index in [0.717, 1.165) is 12.1 Å². The quantitative estimate of drug-likeness (QED) is 0.862. The molecule has 0 unspecified atom stereocenters. The normalized spacial score (nSPS) is 18.2. The highest BCUT2D eigenvalue weighted by molar-refractivity contribution is 7.86. The molecule has 1 heterocycles. The Morgan fingerprint density at radius 1 is 1.33 bits per heavy atom. The van der Waals surface area contributed by atoms with Crippen molar-refractivity contribution in [2.24, 2.45) is 5.41 Å². The molecule has 1 N–H and O–H groups in total. The topological polar surface area (TPSA) is 72.5 Å². The first kappa shape index (κ1) is 15.8.